The first-order valence-electron chi connectivity index (χ1n) is 8.32. The van der Waals surface area contributed by atoms with Gasteiger partial charge in [-0.15, -0.1) is 0 Å². The van der Waals surface area contributed by atoms with E-state index in [2.05, 4.69) is 21.8 Å². The van der Waals surface area contributed by atoms with Gasteiger partial charge in [-0.25, -0.2) is 4.83 Å². The van der Waals surface area contributed by atoms with Crippen LogP contribution in [0, 0.1) is 18.8 Å². The molecular formula is C22H18N2O2S. The Balaban J connectivity index is 1.78. The molecule has 0 aliphatic heterocycles. The Morgan fingerprint density at radius 1 is 0.852 bits per heavy atom. The summed E-state index contributed by atoms with van der Waals surface area (Å²) in [5, 5.41) is 3.90. The number of aryl methyl sites for hydroxylation is 1. The van der Waals surface area contributed by atoms with Gasteiger partial charge in [-0.05, 0) is 37.3 Å². The molecule has 1 N–H and O–H groups in total. The topological polar surface area (TPSA) is 58.5 Å². The highest BCUT2D eigenvalue weighted by Gasteiger charge is 2.11. The van der Waals surface area contributed by atoms with Crippen LogP contribution in [-0.4, -0.2) is 14.6 Å². The summed E-state index contributed by atoms with van der Waals surface area (Å²) in [6, 6.07) is 23.7. The van der Waals surface area contributed by atoms with Gasteiger partial charge in [0.25, 0.3) is 10.0 Å². The van der Waals surface area contributed by atoms with E-state index in [0.717, 1.165) is 22.3 Å². The predicted molar refractivity (Wildman–Crippen MR) is 108 cm³/mol. The molecule has 3 aromatic rings. The zero-order chi connectivity index (χ0) is 19.1. The van der Waals surface area contributed by atoms with Crippen LogP contribution in [0.1, 0.15) is 22.3 Å². The van der Waals surface area contributed by atoms with Gasteiger partial charge in [0.2, 0.25) is 0 Å². The molecule has 0 spiro atoms. The van der Waals surface area contributed by atoms with Crippen LogP contribution in [0.2, 0.25) is 0 Å². The van der Waals surface area contributed by atoms with E-state index in [9.17, 15) is 8.42 Å². The summed E-state index contributed by atoms with van der Waals surface area (Å²) in [5.41, 5.74) is 3.39. The summed E-state index contributed by atoms with van der Waals surface area (Å²) < 4.78 is 24.6. The molecule has 5 heteroatoms. The minimum Gasteiger partial charge on any atom is -0.200 e. The Hall–Kier alpha value is -3.36. The van der Waals surface area contributed by atoms with E-state index < -0.39 is 10.0 Å². The number of hydrogen-bond donors (Lipinski definition) is 1. The number of nitrogens with one attached hydrogen (secondary N) is 1. The van der Waals surface area contributed by atoms with Crippen molar-refractivity contribution < 1.29 is 8.42 Å². The summed E-state index contributed by atoms with van der Waals surface area (Å²) in [6.07, 6.45) is 1.46. The normalized spacial score (nSPS) is 11.0. The van der Waals surface area contributed by atoms with Gasteiger partial charge in [-0.2, -0.15) is 13.5 Å². The summed E-state index contributed by atoms with van der Waals surface area (Å²) in [5.74, 6) is 6.19. The first-order valence-corrected chi connectivity index (χ1v) is 9.80. The first-order chi connectivity index (χ1) is 13.0. The standard InChI is InChI=1S/C22H18N2O2S/c1-18-11-15-22(16-12-18)27(25,26)24-23-17-21-10-6-5-9-20(21)14-13-19-7-3-2-4-8-19/h2-12,15-17,24H,1H3/b23-17+. The molecule has 4 nitrogen and oxygen atoms in total. The molecule has 134 valence electrons. The molecule has 27 heavy (non-hydrogen) atoms. The van der Waals surface area contributed by atoms with E-state index in [1.165, 1.54) is 6.21 Å². The van der Waals surface area contributed by atoms with Crippen molar-refractivity contribution in [3.8, 4) is 11.8 Å². The Morgan fingerprint density at radius 2 is 1.52 bits per heavy atom. The second-order valence-electron chi connectivity index (χ2n) is 5.87. The largest absolute Gasteiger partial charge is 0.276 e. The quantitative estimate of drug-likeness (QED) is 0.430. The monoisotopic (exact) mass is 374 g/mol. The van der Waals surface area contributed by atoms with Gasteiger partial charge in [0.1, 0.15) is 0 Å². The van der Waals surface area contributed by atoms with Gasteiger partial charge in [0.05, 0.1) is 11.1 Å². The average Bonchev–Trinajstić information content (AvgIpc) is 2.68. The molecule has 0 saturated carbocycles. The SMILES string of the molecule is Cc1ccc(S(=O)(=O)N/N=C/c2ccccc2C#Cc2ccccc2)cc1. The molecule has 0 atom stereocenters. The fraction of sp³-hybridized carbons (Fsp3) is 0.0455. The Bertz CT molecular complexity index is 1110. The van der Waals surface area contributed by atoms with Gasteiger partial charge in [-0.3, -0.25) is 0 Å². The zero-order valence-corrected chi connectivity index (χ0v) is 15.6. The Kier molecular flexibility index (Phi) is 5.70. The molecule has 0 radical (unpaired) electrons. The van der Waals surface area contributed by atoms with Crippen LogP contribution in [0.5, 0.6) is 0 Å². The number of nitrogens with zero attached hydrogens (tertiary/aromatic N) is 1. The second kappa shape index (κ2) is 8.35. The molecule has 0 aliphatic carbocycles. The highest BCUT2D eigenvalue weighted by atomic mass is 32.2. The second-order valence-corrected chi connectivity index (χ2v) is 7.53. The van der Waals surface area contributed by atoms with Crippen LogP contribution in [0.3, 0.4) is 0 Å². The average molecular weight is 374 g/mol. The van der Waals surface area contributed by atoms with Gasteiger partial charge in [-0.1, -0.05) is 65.9 Å². The molecular weight excluding hydrogens is 356 g/mol. The lowest BCUT2D eigenvalue weighted by Crippen LogP contribution is -2.18. The van der Waals surface area contributed by atoms with E-state index in [1.807, 2.05) is 61.5 Å². The molecule has 3 aromatic carbocycles. The van der Waals surface area contributed by atoms with Crippen LogP contribution in [0.15, 0.2) is 88.9 Å². The highest BCUT2D eigenvalue weighted by molar-refractivity contribution is 7.89. The smallest absolute Gasteiger partial charge is 0.200 e. The van der Waals surface area contributed by atoms with E-state index >= 15 is 0 Å². The van der Waals surface area contributed by atoms with Crippen molar-refractivity contribution in [1.29, 1.82) is 0 Å². The lowest BCUT2D eigenvalue weighted by Gasteiger charge is -2.04. The fourth-order valence-electron chi connectivity index (χ4n) is 2.32. The third kappa shape index (κ3) is 5.06. The molecule has 0 unspecified atom stereocenters. The molecule has 0 amide bonds. The van der Waals surface area contributed by atoms with Crippen LogP contribution < -0.4 is 4.83 Å². The van der Waals surface area contributed by atoms with Crippen molar-refractivity contribution in [1.82, 2.24) is 4.83 Å². The molecule has 0 bridgehead atoms. The van der Waals surface area contributed by atoms with Crippen LogP contribution >= 0.6 is 0 Å². The van der Waals surface area contributed by atoms with Crippen LogP contribution in [0.25, 0.3) is 0 Å². The van der Waals surface area contributed by atoms with Gasteiger partial charge in [0.15, 0.2) is 0 Å². The minimum absolute atomic E-state index is 0.169. The minimum atomic E-state index is -3.70. The summed E-state index contributed by atoms with van der Waals surface area (Å²) >= 11 is 0. The van der Waals surface area contributed by atoms with Crippen molar-refractivity contribution in [2.75, 3.05) is 0 Å². The van der Waals surface area contributed by atoms with Gasteiger partial charge < -0.3 is 0 Å². The molecule has 0 saturated heterocycles. The van der Waals surface area contributed by atoms with Gasteiger partial charge in [0, 0.05) is 16.7 Å². The van der Waals surface area contributed by atoms with E-state index in [4.69, 9.17) is 0 Å². The van der Waals surface area contributed by atoms with Gasteiger partial charge >= 0.3 is 0 Å². The van der Waals surface area contributed by atoms with Crippen molar-refractivity contribution in [3.05, 3.63) is 101 Å². The maximum Gasteiger partial charge on any atom is 0.276 e. The fourth-order valence-corrected chi connectivity index (χ4v) is 3.11. The van der Waals surface area contributed by atoms with E-state index in [1.54, 1.807) is 24.3 Å². The molecule has 0 fully saturated rings. The predicted octanol–water partition coefficient (Wildman–Crippen LogP) is 3.71. The zero-order valence-electron chi connectivity index (χ0n) is 14.8. The maximum absolute atomic E-state index is 12.3. The number of rotatable bonds is 4. The lowest BCUT2D eigenvalue weighted by molar-refractivity contribution is 0.584. The van der Waals surface area contributed by atoms with Crippen LogP contribution in [-0.2, 0) is 10.0 Å². The number of hydrogen-bond acceptors (Lipinski definition) is 3. The van der Waals surface area contributed by atoms with Crippen LogP contribution in [0.4, 0.5) is 0 Å². The number of benzene rings is 3. The Labute approximate surface area is 159 Å². The number of sulfonamides is 1. The molecule has 0 aromatic heterocycles. The Morgan fingerprint density at radius 3 is 2.26 bits per heavy atom. The van der Waals surface area contributed by atoms with E-state index in [0.29, 0.717) is 0 Å². The number of hydrazone groups is 1. The molecule has 3 rings (SSSR count). The third-order valence-electron chi connectivity index (χ3n) is 3.78. The summed E-state index contributed by atoms with van der Waals surface area (Å²) in [6.45, 7) is 1.90. The summed E-state index contributed by atoms with van der Waals surface area (Å²) in [4.78, 5) is 2.41. The van der Waals surface area contributed by atoms with Crippen molar-refractivity contribution in [2.24, 2.45) is 5.10 Å². The summed E-state index contributed by atoms with van der Waals surface area (Å²) in [7, 11) is -3.70. The highest BCUT2D eigenvalue weighted by Crippen LogP contribution is 2.10. The van der Waals surface area contributed by atoms with Crippen molar-refractivity contribution >= 4 is 16.2 Å². The van der Waals surface area contributed by atoms with Crippen molar-refractivity contribution in [2.45, 2.75) is 11.8 Å². The molecule has 0 heterocycles. The first kappa shape index (κ1) is 18.4. The molecule has 0 aliphatic rings. The third-order valence-corrected chi connectivity index (χ3v) is 5.02. The van der Waals surface area contributed by atoms with E-state index in [-0.39, 0.29) is 4.90 Å². The maximum atomic E-state index is 12.3. The van der Waals surface area contributed by atoms with Crippen molar-refractivity contribution in [3.63, 3.8) is 0 Å². The lowest BCUT2D eigenvalue weighted by atomic mass is 10.1.